The van der Waals surface area contributed by atoms with Gasteiger partial charge in [-0.25, -0.2) is 0 Å². The number of piperidine rings is 1. The number of rotatable bonds is 5. The average molecular weight is 347 g/mol. The number of halogens is 1. The van der Waals surface area contributed by atoms with Crippen molar-refractivity contribution in [3.05, 3.63) is 58.5 Å². The van der Waals surface area contributed by atoms with E-state index >= 15 is 0 Å². The Hall–Kier alpha value is -1.78. The molecule has 0 saturated carbocycles. The van der Waals surface area contributed by atoms with Gasteiger partial charge in [0.05, 0.1) is 23.4 Å². The van der Waals surface area contributed by atoms with Gasteiger partial charge in [0.1, 0.15) is 5.76 Å². The third-order valence-corrected chi connectivity index (χ3v) is 4.88. The van der Waals surface area contributed by atoms with E-state index in [1.54, 1.807) is 12.3 Å². The SMILES string of the molecule is Cc1cccc(Cl)c1C(=O)NC[C@H]1CCCN(Cc2ccco2)C1. The number of aryl methyl sites for hydroxylation is 1. The van der Waals surface area contributed by atoms with Gasteiger partial charge >= 0.3 is 0 Å². The fraction of sp³-hybridized carbons (Fsp3) is 0.421. The van der Waals surface area contributed by atoms with Crippen LogP contribution in [0.3, 0.4) is 0 Å². The van der Waals surface area contributed by atoms with Crippen molar-refractivity contribution in [1.82, 2.24) is 10.2 Å². The monoisotopic (exact) mass is 346 g/mol. The van der Waals surface area contributed by atoms with Crippen molar-refractivity contribution in [3.63, 3.8) is 0 Å². The first kappa shape index (κ1) is 17.1. The Balaban J connectivity index is 1.53. The summed E-state index contributed by atoms with van der Waals surface area (Å²) in [6.45, 7) is 5.48. The van der Waals surface area contributed by atoms with Gasteiger partial charge in [0, 0.05) is 13.1 Å². The highest BCUT2D eigenvalue weighted by molar-refractivity contribution is 6.34. The van der Waals surface area contributed by atoms with Crippen molar-refractivity contribution < 1.29 is 9.21 Å². The number of furan rings is 1. The van der Waals surface area contributed by atoms with Crippen LogP contribution in [0.2, 0.25) is 5.02 Å². The Morgan fingerprint density at radius 2 is 2.25 bits per heavy atom. The zero-order valence-electron chi connectivity index (χ0n) is 13.9. The van der Waals surface area contributed by atoms with E-state index in [4.69, 9.17) is 16.0 Å². The summed E-state index contributed by atoms with van der Waals surface area (Å²) in [6.07, 6.45) is 3.99. The highest BCUT2D eigenvalue weighted by Gasteiger charge is 2.22. The van der Waals surface area contributed by atoms with E-state index in [9.17, 15) is 4.79 Å². The highest BCUT2D eigenvalue weighted by Crippen LogP contribution is 2.21. The summed E-state index contributed by atoms with van der Waals surface area (Å²) >= 11 is 6.17. The van der Waals surface area contributed by atoms with Crippen molar-refractivity contribution in [2.75, 3.05) is 19.6 Å². The molecular weight excluding hydrogens is 324 g/mol. The Morgan fingerprint density at radius 3 is 3.00 bits per heavy atom. The van der Waals surface area contributed by atoms with Gasteiger partial charge in [0.15, 0.2) is 0 Å². The van der Waals surface area contributed by atoms with Crippen molar-refractivity contribution >= 4 is 17.5 Å². The topological polar surface area (TPSA) is 45.5 Å². The number of carbonyl (C=O) groups excluding carboxylic acids is 1. The molecule has 128 valence electrons. The van der Waals surface area contributed by atoms with Crippen LogP contribution in [0.1, 0.15) is 34.5 Å². The summed E-state index contributed by atoms with van der Waals surface area (Å²) in [7, 11) is 0. The maximum absolute atomic E-state index is 12.4. The zero-order chi connectivity index (χ0) is 16.9. The molecular formula is C19H23ClN2O2. The van der Waals surface area contributed by atoms with Gasteiger partial charge in [-0.3, -0.25) is 9.69 Å². The molecule has 1 N–H and O–H groups in total. The maximum Gasteiger partial charge on any atom is 0.253 e. The lowest BCUT2D eigenvalue weighted by molar-refractivity contribution is 0.0928. The van der Waals surface area contributed by atoms with Gasteiger partial charge < -0.3 is 9.73 Å². The first-order valence-electron chi connectivity index (χ1n) is 8.41. The first-order valence-corrected chi connectivity index (χ1v) is 8.79. The molecule has 1 amide bonds. The quantitative estimate of drug-likeness (QED) is 0.893. The molecule has 3 rings (SSSR count). The van der Waals surface area contributed by atoms with Crippen LogP contribution in [0.15, 0.2) is 41.0 Å². The number of benzene rings is 1. The van der Waals surface area contributed by atoms with E-state index in [1.807, 2.05) is 31.2 Å². The minimum absolute atomic E-state index is 0.0822. The standard InChI is InChI=1S/C19H23ClN2O2/c1-14-5-2-8-17(20)18(14)19(23)21-11-15-6-3-9-22(12-15)13-16-7-4-10-24-16/h2,4-5,7-8,10,15H,3,6,9,11-13H2,1H3,(H,21,23)/t15-/m1/s1. The molecule has 1 aliphatic rings. The lowest BCUT2D eigenvalue weighted by atomic mass is 9.97. The van der Waals surface area contributed by atoms with Crippen molar-refractivity contribution in [2.24, 2.45) is 5.92 Å². The normalized spacial score (nSPS) is 18.5. The summed E-state index contributed by atoms with van der Waals surface area (Å²) in [5.41, 5.74) is 1.49. The fourth-order valence-corrected chi connectivity index (χ4v) is 3.64. The Kier molecular flexibility index (Phi) is 5.59. The van der Waals surface area contributed by atoms with Gasteiger partial charge in [-0.1, -0.05) is 23.7 Å². The molecule has 5 heteroatoms. The van der Waals surface area contributed by atoms with Crippen molar-refractivity contribution in [3.8, 4) is 0 Å². The van der Waals surface area contributed by atoms with Crippen molar-refractivity contribution in [1.29, 1.82) is 0 Å². The van der Waals surface area contributed by atoms with Gasteiger partial charge in [-0.05, 0) is 56.0 Å². The third-order valence-electron chi connectivity index (χ3n) is 4.56. The van der Waals surface area contributed by atoms with E-state index in [1.165, 1.54) is 0 Å². The highest BCUT2D eigenvalue weighted by atomic mass is 35.5. The van der Waals surface area contributed by atoms with Crippen LogP contribution >= 0.6 is 11.6 Å². The molecule has 1 aromatic heterocycles. The molecule has 0 unspecified atom stereocenters. The average Bonchev–Trinajstić information content (AvgIpc) is 3.06. The Bertz CT molecular complexity index is 664. The molecule has 0 radical (unpaired) electrons. The van der Waals surface area contributed by atoms with Gasteiger partial charge in [0.2, 0.25) is 0 Å². The minimum Gasteiger partial charge on any atom is -0.468 e. The van der Waals surface area contributed by atoms with Gasteiger partial charge in [-0.15, -0.1) is 0 Å². The molecule has 1 aliphatic heterocycles. The number of nitrogens with zero attached hydrogens (tertiary/aromatic N) is 1. The lowest BCUT2D eigenvalue weighted by Gasteiger charge is -2.32. The molecule has 0 aliphatic carbocycles. The summed E-state index contributed by atoms with van der Waals surface area (Å²) in [6, 6.07) is 9.46. The van der Waals surface area contributed by atoms with Crippen LogP contribution in [-0.2, 0) is 6.54 Å². The molecule has 1 fully saturated rings. The molecule has 1 aromatic carbocycles. The second-order valence-electron chi connectivity index (χ2n) is 6.46. The lowest BCUT2D eigenvalue weighted by Crippen LogP contribution is -2.40. The number of hydrogen-bond acceptors (Lipinski definition) is 3. The van der Waals surface area contributed by atoms with E-state index in [2.05, 4.69) is 10.2 Å². The van der Waals surface area contributed by atoms with Crippen LogP contribution < -0.4 is 5.32 Å². The Morgan fingerprint density at radius 1 is 1.38 bits per heavy atom. The summed E-state index contributed by atoms with van der Waals surface area (Å²) in [5, 5.41) is 3.57. The smallest absolute Gasteiger partial charge is 0.253 e. The second-order valence-corrected chi connectivity index (χ2v) is 6.87. The van der Waals surface area contributed by atoms with E-state index < -0.39 is 0 Å². The molecule has 2 aromatic rings. The van der Waals surface area contributed by atoms with Crippen LogP contribution in [-0.4, -0.2) is 30.4 Å². The van der Waals surface area contributed by atoms with Crippen LogP contribution in [0, 0.1) is 12.8 Å². The molecule has 4 nitrogen and oxygen atoms in total. The molecule has 0 spiro atoms. The number of hydrogen-bond donors (Lipinski definition) is 1. The second kappa shape index (κ2) is 7.86. The molecule has 24 heavy (non-hydrogen) atoms. The van der Waals surface area contributed by atoms with Gasteiger partial charge in [0.25, 0.3) is 5.91 Å². The fourth-order valence-electron chi connectivity index (χ4n) is 3.33. The van der Waals surface area contributed by atoms with Crippen LogP contribution in [0.25, 0.3) is 0 Å². The summed E-state index contributed by atoms with van der Waals surface area (Å²) in [5.74, 6) is 1.37. The molecule has 1 atom stereocenters. The third kappa shape index (κ3) is 4.19. The number of likely N-dealkylation sites (tertiary alicyclic amines) is 1. The number of carbonyl (C=O) groups is 1. The minimum atomic E-state index is -0.0822. The summed E-state index contributed by atoms with van der Waals surface area (Å²) < 4.78 is 5.43. The summed E-state index contributed by atoms with van der Waals surface area (Å²) in [4.78, 5) is 14.8. The first-order chi connectivity index (χ1) is 11.6. The molecule has 0 bridgehead atoms. The predicted octanol–water partition coefficient (Wildman–Crippen LogP) is 3.88. The maximum atomic E-state index is 12.4. The van der Waals surface area contributed by atoms with E-state index in [0.29, 0.717) is 23.0 Å². The number of amides is 1. The number of nitrogens with one attached hydrogen (secondary N) is 1. The van der Waals surface area contributed by atoms with E-state index in [0.717, 1.165) is 43.8 Å². The van der Waals surface area contributed by atoms with E-state index in [-0.39, 0.29) is 5.91 Å². The zero-order valence-corrected chi connectivity index (χ0v) is 14.7. The molecule has 1 saturated heterocycles. The van der Waals surface area contributed by atoms with Crippen LogP contribution in [0.5, 0.6) is 0 Å². The van der Waals surface area contributed by atoms with Crippen LogP contribution in [0.4, 0.5) is 0 Å². The van der Waals surface area contributed by atoms with Gasteiger partial charge in [-0.2, -0.15) is 0 Å². The molecule has 2 heterocycles. The largest absolute Gasteiger partial charge is 0.468 e. The predicted molar refractivity (Wildman–Crippen MR) is 95.2 cm³/mol. The Labute approximate surface area is 147 Å². The van der Waals surface area contributed by atoms with Crippen molar-refractivity contribution in [2.45, 2.75) is 26.3 Å².